The minimum Gasteiger partial charge on any atom is -0.467 e. The molecular formula is C15H19NO4. The molecule has 0 aromatic heterocycles. The lowest BCUT2D eigenvalue weighted by Gasteiger charge is -2.49. The number of esters is 1. The van der Waals surface area contributed by atoms with E-state index in [2.05, 4.69) is 0 Å². The van der Waals surface area contributed by atoms with Gasteiger partial charge in [-0.2, -0.15) is 0 Å². The number of aliphatic hydroxyl groups is 1. The third kappa shape index (κ3) is 2.29. The van der Waals surface area contributed by atoms with Gasteiger partial charge in [0.2, 0.25) is 0 Å². The minimum absolute atomic E-state index is 0.0925. The van der Waals surface area contributed by atoms with Gasteiger partial charge in [0.25, 0.3) is 5.91 Å². The highest BCUT2D eigenvalue weighted by Gasteiger charge is 2.53. The van der Waals surface area contributed by atoms with Crippen molar-refractivity contribution in [3.63, 3.8) is 0 Å². The fraction of sp³-hybridized carbons (Fsp3) is 0.467. The monoisotopic (exact) mass is 277 g/mol. The molecule has 1 fully saturated rings. The number of ether oxygens (including phenoxy) is 1. The van der Waals surface area contributed by atoms with Crippen LogP contribution in [0.1, 0.15) is 25.5 Å². The standard InChI is InChI=1S/C15H19NO4/c1-9(2)11(15(19)20-3)16-12(13(17)14(16)18)10-7-5-4-6-8-10/h4-9,11-13,17H,1-3H3. The number of nitrogens with zero attached hydrogens (tertiary/aromatic N) is 1. The fourth-order valence-corrected chi connectivity index (χ4v) is 2.63. The van der Waals surface area contributed by atoms with Crippen molar-refractivity contribution in [1.82, 2.24) is 4.90 Å². The molecule has 108 valence electrons. The SMILES string of the molecule is COC(=O)C(C(C)C)N1C(=O)C(O)C1c1ccccc1. The Balaban J connectivity index is 2.33. The largest absolute Gasteiger partial charge is 0.467 e. The first kappa shape index (κ1) is 14.5. The van der Waals surface area contributed by atoms with Gasteiger partial charge < -0.3 is 14.7 Å². The van der Waals surface area contributed by atoms with Gasteiger partial charge in [-0.1, -0.05) is 44.2 Å². The van der Waals surface area contributed by atoms with Crippen molar-refractivity contribution in [2.24, 2.45) is 5.92 Å². The summed E-state index contributed by atoms with van der Waals surface area (Å²) in [6, 6.07) is 8.04. The minimum atomic E-state index is -1.09. The van der Waals surface area contributed by atoms with E-state index in [-0.39, 0.29) is 5.92 Å². The van der Waals surface area contributed by atoms with Gasteiger partial charge in [-0.25, -0.2) is 4.79 Å². The van der Waals surface area contributed by atoms with Crippen LogP contribution in [0.25, 0.3) is 0 Å². The summed E-state index contributed by atoms with van der Waals surface area (Å²) in [4.78, 5) is 25.3. The van der Waals surface area contributed by atoms with Crippen LogP contribution in [0.2, 0.25) is 0 Å². The predicted octanol–water partition coefficient (Wildman–Crippen LogP) is 1.13. The fourth-order valence-electron chi connectivity index (χ4n) is 2.63. The normalized spacial score (nSPS) is 23.4. The Bertz CT molecular complexity index is 500. The summed E-state index contributed by atoms with van der Waals surface area (Å²) in [7, 11) is 1.30. The molecule has 0 bridgehead atoms. The Morgan fingerprint density at radius 1 is 1.30 bits per heavy atom. The van der Waals surface area contributed by atoms with Gasteiger partial charge in [0, 0.05) is 0 Å². The Hall–Kier alpha value is -1.88. The maximum Gasteiger partial charge on any atom is 0.328 e. The molecule has 1 heterocycles. The van der Waals surface area contributed by atoms with Crippen LogP contribution in [0.5, 0.6) is 0 Å². The highest BCUT2D eigenvalue weighted by atomic mass is 16.5. The number of β-lactam (4-membered cyclic amide) rings is 1. The summed E-state index contributed by atoms with van der Waals surface area (Å²) in [6.07, 6.45) is -1.09. The van der Waals surface area contributed by atoms with E-state index < -0.39 is 30.1 Å². The quantitative estimate of drug-likeness (QED) is 0.662. The highest BCUT2D eigenvalue weighted by molar-refractivity contribution is 5.93. The Morgan fingerprint density at radius 3 is 2.40 bits per heavy atom. The topological polar surface area (TPSA) is 66.8 Å². The molecule has 1 amide bonds. The molecule has 5 nitrogen and oxygen atoms in total. The van der Waals surface area contributed by atoms with Crippen LogP contribution < -0.4 is 0 Å². The van der Waals surface area contributed by atoms with Gasteiger partial charge in [0.1, 0.15) is 6.04 Å². The van der Waals surface area contributed by atoms with Gasteiger partial charge in [-0.15, -0.1) is 0 Å². The molecule has 2 rings (SSSR count). The van der Waals surface area contributed by atoms with Crippen molar-refractivity contribution in [3.8, 4) is 0 Å². The van der Waals surface area contributed by atoms with Crippen LogP contribution in [0.4, 0.5) is 0 Å². The summed E-state index contributed by atoms with van der Waals surface area (Å²) in [5.74, 6) is -0.978. The van der Waals surface area contributed by atoms with E-state index in [1.54, 1.807) is 0 Å². The molecule has 1 N–H and O–H groups in total. The molecule has 20 heavy (non-hydrogen) atoms. The van der Waals surface area contributed by atoms with E-state index in [0.717, 1.165) is 5.56 Å². The molecule has 0 spiro atoms. The van der Waals surface area contributed by atoms with Crippen molar-refractivity contribution in [2.75, 3.05) is 7.11 Å². The van der Waals surface area contributed by atoms with E-state index in [0.29, 0.717) is 0 Å². The molecule has 0 radical (unpaired) electrons. The zero-order valence-corrected chi connectivity index (χ0v) is 11.8. The summed E-state index contributed by atoms with van der Waals surface area (Å²) >= 11 is 0. The first-order valence-electron chi connectivity index (χ1n) is 6.62. The second-order valence-corrected chi connectivity index (χ2v) is 5.26. The van der Waals surface area contributed by atoms with E-state index in [4.69, 9.17) is 4.74 Å². The van der Waals surface area contributed by atoms with Crippen LogP contribution in [0.15, 0.2) is 30.3 Å². The number of hydrogen-bond donors (Lipinski definition) is 1. The van der Waals surface area contributed by atoms with Crippen molar-refractivity contribution < 1.29 is 19.4 Å². The van der Waals surface area contributed by atoms with Crippen LogP contribution >= 0.6 is 0 Å². The lowest BCUT2D eigenvalue weighted by atomic mass is 9.86. The van der Waals surface area contributed by atoms with Gasteiger partial charge in [-0.05, 0) is 11.5 Å². The third-order valence-corrected chi connectivity index (χ3v) is 3.62. The average molecular weight is 277 g/mol. The smallest absolute Gasteiger partial charge is 0.328 e. The van der Waals surface area contributed by atoms with Crippen molar-refractivity contribution in [2.45, 2.75) is 32.0 Å². The number of amides is 1. The van der Waals surface area contributed by atoms with E-state index >= 15 is 0 Å². The summed E-state index contributed by atoms with van der Waals surface area (Å²) in [6.45, 7) is 3.70. The first-order chi connectivity index (χ1) is 9.49. The van der Waals surface area contributed by atoms with Gasteiger partial charge in [-0.3, -0.25) is 4.79 Å². The van der Waals surface area contributed by atoms with Crippen LogP contribution in [0.3, 0.4) is 0 Å². The summed E-state index contributed by atoms with van der Waals surface area (Å²) in [5, 5.41) is 9.94. The Morgan fingerprint density at radius 2 is 1.90 bits per heavy atom. The molecule has 1 aromatic rings. The second kappa shape index (κ2) is 5.63. The van der Waals surface area contributed by atoms with Crippen LogP contribution in [0, 0.1) is 5.92 Å². The molecule has 1 aromatic carbocycles. The number of hydrogen-bond acceptors (Lipinski definition) is 4. The summed E-state index contributed by atoms with van der Waals surface area (Å²) in [5.41, 5.74) is 0.814. The Kier molecular flexibility index (Phi) is 4.09. The summed E-state index contributed by atoms with van der Waals surface area (Å²) < 4.78 is 4.78. The van der Waals surface area contributed by atoms with Crippen molar-refractivity contribution >= 4 is 11.9 Å². The highest BCUT2D eigenvalue weighted by Crippen LogP contribution is 2.38. The first-order valence-corrected chi connectivity index (χ1v) is 6.62. The van der Waals surface area contributed by atoms with Gasteiger partial charge >= 0.3 is 5.97 Å². The Labute approximate surface area is 118 Å². The molecule has 3 atom stereocenters. The lowest BCUT2D eigenvalue weighted by molar-refractivity contribution is -0.182. The number of carbonyl (C=O) groups is 2. The number of aliphatic hydroxyl groups excluding tert-OH is 1. The number of rotatable bonds is 4. The zero-order chi connectivity index (χ0) is 14.9. The average Bonchev–Trinajstić information content (AvgIpc) is 2.46. The molecular weight excluding hydrogens is 258 g/mol. The number of benzene rings is 1. The van der Waals surface area contributed by atoms with Crippen molar-refractivity contribution in [1.29, 1.82) is 0 Å². The predicted molar refractivity (Wildman–Crippen MR) is 72.7 cm³/mol. The van der Waals surface area contributed by atoms with Gasteiger partial charge in [0.15, 0.2) is 6.10 Å². The van der Waals surface area contributed by atoms with Gasteiger partial charge in [0.05, 0.1) is 13.2 Å². The third-order valence-electron chi connectivity index (χ3n) is 3.62. The molecule has 0 saturated carbocycles. The maximum absolute atomic E-state index is 12.0. The van der Waals surface area contributed by atoms with Crippen LogP contribution in [-0.4, -0.2) is 41.1 Å². The van der Waals surface area contributed by atoms with E-state index in [1.807, 2.05) is 44.2 Å². The number of likely N-dealkylation sites (tertiary alicyclic amines) is 1. The molecule has 1 saturated heterocycles. The molecule has 3 unspecified atom stereocenters. The lowest BCUT2D eigenvalue weighted by Crippen LogP contribution is -2.65. The maximum atomic E-state index is 12.0. The molecule has 0 aliphatic carbocycles. The van der Waals surface area contributed by atoms with Crippen molar-refractivity contribution in [3.05, 3.63) is 35.9 Å². The second-order valence-electron chi connectivity index (χ2n) is 5.26. The number of carbonyl (C=O) groups excluding carboxylic acids is 2. The zero-order valence-electron chi connectivity index (χ0n) is 11.8. The number of methoxy groups -OCH3 is 1. The molecule has 1 aliphatic heterocycles. The molecule has 1 aliphatic rings. The molecule has 5 heteroatoms. The van der Waals surface area contributed by atoms with E-state index in [1.165, 1.54) is 12.0 Å². The van der Waals surface area contributed by atoms with Crippen LogP contribution in [-0.2, 0) is 14.3 Å². The van der Waals surface area contributed by atoms with E-state index in [9.17, 15) is 14.7 Å².